The lowest BCUT2D eigenvalue weighted by atomic mass is 9.95. The molecular formula is C96H68N2Si2. The predicted octanol–water partition coefficient (Wildman–Crippen LogP) is 19.0. The Morgan fingerprint density at radius 1 is 0.180 bits per heavy atom. The maximum atomic E-state index is 2.60. The monoisotopic (exact) mass is 1300 g/mol. The van der Waals surface area contributed by atoms with Crippen molar-refractivity contribution in [3.8, 4) is 67.0 Å². The summed E-state index contributed by atoms with van der Waals surface area (Å²) in [4.78, 5) is 0. The van der Waals surface area contributed by atoms with E-state index in [0.717, 1.165) is 50.2 Å². The topological polar surface area (TPSA) is 9.86 Å². The van der Waals surface area contributed by atoms with Crippen LogP contribution in [-0.4, -0.2) is 25.3 Å². The van der Waals surface area contributed by atoms with Crippen molar-refractivity contribution in [2.24, 2.45) is 0 Å². The Morgan fingerprint density at radius 2 is 0.530 bits per heavy atom. The standard InChI is InChI=1S/C96H68N2Si2/c1-9-34-69(35-10-1)73-42-31-52-80(64-73)99(76-44-17-5-18-45-76,81-53-32-43-74(65-81)70-36-11-2-12-37-70)82-67-88(71-38-13-3-14-39-71)96(89(68-82)72-40-15-4-16-41-72)98-92-60-29-26-55-84(92)90-66-75(62-63-93(90)98)97-91-59-28-25-54-83(91)86-57-33-58-87(95(86)97)85-56-27-30-61-94(85)100(77-46-19-6-20-47-77,78-48-21-7-22-49-78)79-50-23-8-24-51-79/h1-68H. The average Bonchev–Trinajstić information content (AvgIpc) is 1.11. The molecule has 0 aliphatic carbocycles. The molecule has 2 heterocycles. The van der Waals surface area contributed by atoms with Gasteiger partial charge in [0.05, 0.1) is 27.8 Å². The van der Waals surface area contributed by atoms with Crippen molar-refractivity contribution in [2.45, 2.75) is 0 Å². The van der Waals surface area contributed by atoms with Gasteiger partial charge in [0.15, 0.2) is 16.1 Å². The minimum atomic E-state index is -3.36. The number of para-hydroxylation sites is 3. The summed E-state index contributed by atoms with van der Waals surface area (Å²) in [5.74, 6) is 0. The molecule has 0 atom stereocenters. The fourth-order valence-corrected chi connectivity index (χ4v) is 26.3. The SMILES string of the molecule is c1ccc(-c2cccc([Si](c3ccccc3)(c3cccc(-c4ccccc4)c3)c3cc(-c4ccccc4)c(-n4c5ccccc5c5cc(-n6c7ccccc7c7cccc(-c8ccccc8[Si](c8ccccc8)(c8ccccc8)c8ccccc8)c76)ccc54)c(-c4ccccc4)c3)c2)cc1. The highest BCUT2D eigenvalue weighted by Gasteiger charge is 2.45. The summed E-state index contributed by atoms with van der Waals surface area (Å²) < 4.78 is 5.15. The first-order valence-electron chi connectivity index (χ1n) is 34.6. The number of aromatic nitrogens is 2. The maximum absolute atomic E-state index is 3.36. The third-order valence-electron chi connectivity index (χ3n) is 20.8. The first-order chi connectivity index (χ1) is 49.6. The molecule has 16 aromatic carbocycles. The highest BCUT2D eigenvalue weighted by Crippen LogP contribution is 2.44. The van der Waals surface area contributed by atoms with Crippen molar-refractivity contribution in [3.05, 3.63) is 413 Å². The Kier molecular flexibility index (Phi) is 15.3. The van der Waals surface area contributed by atoms with Crippen LogP contribution in [0.15, 0.2) is 413 Å². The van der Waals surface area contributed by atoms with Crippen LogP contribution in [0, 0.1) is 0 Å². The lowest BCUT2D eigenvalue weighted by Gasteiger charge is -2.36. The first-order valence-corrected chi connectivity index (χ1v) is 38.6. The second kappa shape index (κ2) is 25.5. The minimum absolute atomic E-state index is 1.10. The highest BCUT2D eigenvalue weighted by atomic mass is 28.3. The Morgan fingerprint density at radius 3 is 1.03 bits per heavy atom. The van der Waals surface area contributed by atoms with E-state index in [2.05, 4.69) is 422 Å². The Labute approximate surface area is 586 Å². The number of fused-ring (bicyclic) bond motifs is 6. The van der Waals surface area contributed by atoms with Crippen molar-refractivity contribution < 1.29 is 0 Å². The molecule has 2 nitrogen and oxygen atoms in total. The summed E-state index contributed by atoms with van der Waals surface area (Å²) in [5.41, 5.74) is 18.6. The van der Waals surface area contributed by atoms with Gasteiger partial charge in [0, 0.05) is 43.9 Å². The smallest absolute Gasteiger partial charge is 0.180 e. The predicted molar refractivity (Wildman–Crippen MR) is 430 cm³/mol. The average molecular weight is 1310 g/mol. The normalized spacial score (nSPS) is 11.8. The van der Waals surface area contributed by atoms with Crippen LogP contribution in [0.3, 0.4) is 0 Å². The van der Waals surface area contributed by atoms with E-state index in [-0.39, 0.29) is 0 Å². The largest absolute Gasteiger partial charge is 0.309 e. The van der Waals surface area contributed by atoms with Gasteiger partial charge in [0.2, 0.25) is 0 Å². The zero-order chi connectivity index (χ0) is 66.4. The van der Waals surface area contributed by atoms with Crippen molar-refractivity contribution in [2.75, 3.05) is 0 Å². The number of nitrogens with zero attached hydrogens (tertiary/aromatic N) is 2. The fourth-order valence-electron chi connectivity index (χ4n) is 16.5. The molecule has 0 aliphatic heterocycles. The van der Waals surface area contributed by atoms with Gasteiger partial charge in [0.25, 0.3) is 0 Å². The lowest BCUT2D eigenvalue weighted by molar-refractivity contribution is 1.17. The van der Waals surface area contributed by atoms with Crippen LogP contribution in [0.25, 0.3) is 111 Å². The van der Waals surface area contributed by atoms with E-state index < -0.39 is 16.1 Å². The first kappa shape index (κ1) is 60.0. The van der Waals surface area contributed by atoms with Gasteiger partial charge in [-0.05, 0) is 111 Å². The molecule has 0 bridgehead atoms. The van der Waals surface area contributed by atoms with Gasteiger partial charge in [-0.15, -0.1) is 0 Å². The van der Waals surface area contributed by atoms with Crippen molar-refractivity contribution in [1.82, 2.24) is 9.13 Å². The van der Waals surface area contributed by atoms with Crippen molar-refractivity contribution in [1.29, 1.82) is 0 Å². The zero-order valence-electron chi connectivity index (χ0n) is 55.2. The fraction of sp³-hybridized carbons (Fsp3) is 0. The van der Waals surface area contributed by atoms with Gasteiger partial charge >= 0.3 is 0 Å². The molecule has 0 aliphatic rings. The summed E-state index contributed by atoms with van der Waals surface area (Å²) in [5, 5.41) is 15.4. The van der Waals surface area contributed by atoms with Gasteiger partial charge in [0.1, 0.15) is 0 Å². The molecule has 18 rings (SSSR count). The van der Waals surface area contributed by atoms with E-state index >= 15 is 0 Å². The summed E-state index contributed by atoms with van der Waals surface area (Å²) in [6.45, 7) is 0. The molecule has 0 fully saturated rings. The molecule has 0 saturated carbocycles. The molecular weight excluding hydrogens is 1240 g/mol. The van der Waals surface area contributed by atoms with Crippen LogP contribution in [0.2, 0.25) is 0 Å². The summed E-state index contributed by atoms with van der Waals surface area (Å²) in [7, 11) is -6.37. The number of rotatable bonds is 15. The van der Waals surface area contributed by atoms with Crippen LogP contribution in [0.5, 0.6) is 0 Å². The molecule has 0 radical (unpaired) electrons. The molecule has 100 heavy (non-hydrogen) atoms. The highest BCUT2D eigenvalue weighted by molar-refractivity contribution is 7.21. The van der Waals surface area contributed by atoms with Crippen LogP contribution in [0.1, 0.15) is 0 Å². The van der Waals surface area contributed by atoms with Crippen molar-refractivity contribution >= 4 is 101 Å². The Hall–Kier alpha value is -12.4. The second-order valence-electron chi connectivity index (χ2n) is 26.2. The van der Waals surface area contributed by atoms with E-state index in [4.69, 9.17) is 0 Å². The molecule has 0 unspecified atom stereocenters. The third kappa shape index (κ3) is 9.98. The molecule has 4 heteroatoms. The summed E-state index contributed by atoms with van der Waals surface area (Å²) in [6, 6.07) is 155. The number of hydrogen-bond acceptors (Lipinski definition) is 0. The van der Waals surface area contributed by atoms with Crippen LogP contribution >= 0.6 is 0 Å². The number of benzene rings is 16. The van der Waals surface area contributed by atoms with Gasteiger partial charge in [-0.3, -0.25) is 0 Å². The zero-order valence-corrected chi connectivity index (χ0v) is 57.2. The van der Waals surface area contributed by atoms with E-state index in [0.29, 0.717) is 0 Å². The Balaban J connectivity index is 0.914. The molecule has 2 aromatic heterocycles. The molecule has 0 spiro atoms. The van der Waals surface area contributed by atoms with Crippen LogP contribution in [-0.2, 0) is 0 Å². The summed E-state index contributed by atoms with van der Waals surface area (Å²) >= 11 is 0. The van der Waals surface area contributed by atoms with E-state index in [1.54, 1.807) is 0 Å². The van der Waals surface area contributed by atoms with E-state index in [1.807, 2.05) is 0 Å². The van der Waals surface area contributed by atoms with Gasteiger partial charge < -0.3 is 9.13 Å². The van der Waals surface area contributed by atoms with E-state index in [9.17, 15) is 0 Å². The third-order valence-corrected chi connectivity index (χ3v) is 30.3. The van der Waals surface area contributed by atoms with Gasteiger partial charge in [-0.1, -0.05) is 382 Å². The molecule has 0 amide bonds. The molecule has 18 aromatic rings. The second-order valence-corrected chi connectivity index (χ2v) is 33.7. The summed E-state index contributed by atoms with van der Waals surface area (Å²) in [6.07, 6.45) is 0. The van der Waals surface area contributed by atoms with Crippen LogP contribution in [0.4, 0.5) is 0 Å². The Bertz CT molecular complexity index is 5750. The maximum Gasteiger partial charge on any atom is 0.180 e. The van der Waals surface area contributed by atoms with E-state index in [1.165, 1.54) is 102 Å². The quantitative estimate of drug-likeness (QED) is 0.0715. The molecule has 470 valence electrons. The molecule has 0 saturated heterocycles. The molecule has 0 N–H and O–H groups in total. The van der Waals surface area contributed by atoms with Gasteiger partial charge in [-0.2, -0.15) is 0 Å². The van der Waals surface area contributed by atoms with Gasteiger partial charge in [-0.25, -0.2) is 0 Å². The minimum Gasteiger partial charge on any atom is -0.309 e. The van der Waals surface area contributed by atoms with Crippen LogP contribution < -0.4 is 41.5 Å². The lowest BCUT2D eigenvalue weighted by Crippen LogP contribution is -2.75. The van der Waals surface area contributed by atoms with Crippen molar-refractivity contribution in [3.63, 3.8) is 0 Å². The number of hydrogen-bond donors (Lipinski definition) is 0.